The summed E-state index contributed by atoms with van der Waals surface area (Å²) < 4.78 is 18.2. The molecule has 6 rings (SSSR count). The molecule has 0 spiro atoms. The second-order valence-corrected chi connectivity index (χ2v) is 21.1. The normalized spacial score (nSPS) is 26.5. The van der Waals surface area contributed by atoms with E-state index in [0.29, 0.717) is 30.5 Å². The van der Waals surface area contributed by atoms with E-state index in [9.17, 15) is 14.7 Å². The van der Waals surface area contributed by atoms with E-state index in [1.807, 2.05) is 46.4 Å². The Kier molecular flexibility index (Phi) is 9.95. The van der Waals surface area contributed by atoms with E-state index in [4.69, 9.17) is 13.9 Å². The summed E-state index contributed by atoms with van der Waals surface area (Å²) >= 11 is 0. The number of amides is 2. The summed E-state index contributed by atoms with van der Waals surface area (Å²) in [5, 5.41) is 11.6. The first-order valence-corrected chi connectivity index (χ1v) is 19.2. The third-order valence-electron chi connectivity index (χ3n) is 9.75. The highest BCUT2D eigenvalue weighted by Gasteiger charge is 2.57. The van der Waals surface area contributed by atoms with E-state index >= 15 is 0 Å². The van der Waals surface area contributed by atoms with Gasteiger partial charge in [-0.25, -0.2) is 9.59 Å². The Morgan fingerprint density at radius 3 is 1.47 bits per heavy atom. The average molecular weight is 665 g/mol. The molecule has 0 bridgehead atoms. The van der Waals surface area contributed by atoms with Crippen molar-refractivity contribution in [3.05, 3.63) is 60.7 Å². The number of likely N-dealkylation sites (tertiary alicyclic amines) is 2. The molecular weight excluding hydrogens is 609 g/mol. The van der Waals surface area contributed by atoms with Gasteiger partial charge in [-0.15, -0.1) is 0 Å². The largest absolute Gasteiger partial charge is 0.444 e. The van der Waals surface area contributed by atoms with Crippen LogP contribution < -0.4 is 10.4 Å². The van der Waals surface area contributed by atoms with Crippen LogP contribution in [0.5, 0.6) is 0 Å². The smallest absolute Gasteiger partial charge is 0.410 e. The molecule has 6 atom stereocenters. The minimum absolute atomic E-state index is 0.0244. The Bertz CT molecular complexity index is 1340. The van der Waals surface area contributed by atoms with Crippen LogP contribution in [0.3, 0.4) is 0 Å². The van der Waals surface area contributed by atoms with Crippen LogP contribution in [0.4, 0.5) is 9.59 Å². The van der Waals surface area contributed by atoms with Gasteiger partial charge >= 0.3 is 12.2 Å². The molecule has 2 aromatic carbocycles. The van der Waals surface area contributed by atoms with Crippen LogP contribution in [0.1, 0.15) is 88.0 Å². The zero-order valence-electron chi connectivity index (χ0n) is 29.9. The maximum absolute atomic E-state index is 13.0. The van der Waals surface area contributed by atoms with Gasteiger partial charge < -0.3 is 19.0 Å². The highest BCUT2D eigenvalue weighted by Crippen LogP contribution is 2.49. The minimum Gasteiger partial charge on any atom is -0.444 e. The molecule has 2 saturated heterocycles. The first-order chi connectivity index (χ1) is 21.9. The number of carbonyl (C=O) groups is 2. The Hall–Kier alpha value is -2.88. The minimum atomic E-state index is -2.61. The Labute approximate surface area is 282 Å². The van der Waals surface area contributed by atoms with Crippen molar-refractivity contribution in [2.24, 2.45) is 11.8 Å². The molecule has 0 radical (unpaired) electrons. The van der Waals surface area contributed by atoms with Crippen LogP contribution in [0.2, 0.25) is 5.04 Å². The summed E-state index contributed by atoms with van der Waals surface area (Å²) in [7, 11) is -2.61. The van der Waals surface area contributed by atoms with Gasteiger partial charge in [0.05, 0.1) is 25.3 Å². The first kappa shape index (κ1) is 35.4. The summed E-state index contributed by atoms with van der Waals surface area (Å²) in [6.45, 7) is 18.8. The molecule has 4 fully saturated rings. The Morgan fingerprint density at radius 2 is 1.09 bits per heavy atom. The van der Waals surface area contributed by atoms with Gasteiger partial charge in [0, 0.05) is 12.1 Å². The third-order valence-corrected chi connectivity index (χ3v) is 14.8. The number of rotatable bonds is 6. The molecule has 9 heteroatoms. The van der Waals surface area contributed by atoms with Crippen molar-refractivity contribution >= 4 is 30.9 Å². The van der Waals surface area contributed by atoms with Crippen molar-refractivity contribution in [3.63, 3.8) is 0 Å². The van der Waals surface area contributed by atoms with Gasteiger partial charge in [-0.2, -0.15) is 0 Å². The quantitative estimate of drug-likeness (QED) is 0.363. The van der Waals surface area contributed by atoms with Crippen LogP contribution >= 0.6 is 0 Å². The summed E-state index contributed by atoms with van der Waals surface area (Å²) in [4.78, 5) is 28.6. The number of carbonyl (C=O) groups excluding carboxylic acids is 2. The third kappa shape index (κ3) is 7.89. The number of ether oxygens (including phenoxy) is 2. The Balaban J connectivity index is 0.000000241. The predicted molar refractivity (Wildman–Crippen MR) is 187 cm³/mol. The van der Waals surface area contributed by atoms with Gasteiger partial charge in [0.2, 0.25) is 0 Å². The van der Waals surface area contributed by atoms with Crippen molar-refractivity contribution in [2.45, 2.75) is 128 Å². The lowest BCUT2D eigenvalue weighted by molar-refractivity contribution is 0.0120. The molecule has 4 aliphatic rings. The summed E-state index contributed by atoms with van der Waals surface area (Å²) in [5.41, 5.74) is -0.947. The van der Waals surface area contributed by atoms with E-state index in [1.165, 1.54) is 10.4 Å². The number of aliphatic hydroxyl groups is 1. The average Bonchev–Trinajstić information content (AvgIpc) is 3.85. The van der Waals surface area contributed by atoms with E-state index in [-0.39, 0.29) is 35.9 Å². The summed E-state index contributed by atoms with van der Waals surface area (Å²) in [5.74, 6) is 1.20. The highest BCUT2D eigenvalue weighted by molar-refractivity contribution is 6.99. The van der Waals surface area contributed by atoms with Gasteiger partial charge in [0.25, 0.3) is 8.32 Å². The van der Waals surface area contributed by atoms with E-state index in [1.54, 1.807) is 4.90 Å². The lowest BCUT2D eigenvalue weighted by Crippen LogP contribution is -2.67. The fourth-order valence-electron chi connectivity index (χ4n) is 7.61. The number of fused-ring (bicyclic) bond motifs is 2. The molecule has 2 saturated carbocycles. The standard InChI is InChI=1S/C27H37NO3Si.C11H19NO3/c1-26(2,3)31-25(29)28-21(17-20-18-24(20)28)19-30-32(27(4,5)6,22-13-9-7-10-14-22)23-15-11-8-12-16-23;1-11(2,3)15-10(14)12-8(6-13)4-7-5-9(7)12/h7-16,20-21,24H,17-19H2,1-6H3;7-9,13H,4-6H2,1-3H3/t20-,21-,24+;7-,8-,9+/m00/s1. The fraction of sp³-hybridized carbons (Fsp3) is 0.632. The number of piperidine rings is 2. The van der Waals surface area contributed by atoms with Crippen LogP contribution in [0, 0.1) is 11.8 Å². The van der Waals surface area contributed by atoms with Crippen LogP contribution in [0.15, 0.2) is 60.7 Å². The molecule has 1 N–H and O–H groups in total. The first-order valence-electron chi connectivity index (χ1n) is 17.3. The molecule has 258 valence electrons. The van der Waals surface area contributed by atoms with Crippen LogP contribution in [-0.4, -0.2) is 84.0 Å². The molecule has 2 aliphatic carbocycles. The second-order valence-electron chi connectivity index (χ2n) is 16.8. The van der Waals surface area contributed by atoms with E-state index < -0.39 is 19.5 Å². The number of aliphatic hydroxyl groups excluding tert-OH is 1. The SMILES string of the molecule is CC(C)(C)OC(=O)N1[C@H](CO)C[C@H]2C[C@H]21.CC(C)(C)OC(=O)N1[C@H](CO[Si](c2ccccc2)(c2ccccc2)C(C)(C)C)C[C@H]2C[C@H]21. The number of hydrogen-bond acceptors (Lipinski definition) is 6. The van der Waals surface area contributed by atoms with Gasteiger partial charge in [-0.05, 0) is 94.5 Å². The lowest BCUT2D eigenvalue weighted by atomic mass is 10.2. The highest BCUT2D eigenvalue weighted by atomic mass is 28.4. The molecule has 0 unspecified atom stereocenters. The maximum atomic E-state index is 13.0. The lowest BCUT2D eigenvalue weighted by Gasteiger charge is -2.44. The fourth-order valence-corrected chi connectivity index (χ4v) is 12.2. The topological polar surface area (TPSA) is 88.5 Å². The van der Waals surface area contributed by atoms with Gasteiger partial charge in [0.1, 0.15) is 11.2 Å². The van der Waals surface area contributed by atoms with Gasteiger partial charge in [-0.3, -0.25) is 9.80 Å². The zero-order valence-corrected chi connectivity index (χ0v) is 30.9. The van der Waals surface area contributed by atoms with Crippen LogP contribution in [0.25, 0.3) is 0 Å². The molecule has 2 heterocycles. The Morgan fingerprint density at radius 1 is 0.681 bits per heavy atom. The molecule has 47 heavy (non-hydrogen) atoms. The monoisotopic (exact) mass is 664 g/mol. The van der Waals surface area contributed by atoms with Crippen molar-refractivity contribution < 1.29 is 28.6 Å². The number of benzene rings is 2. The van der Waals surface area contributed by atoms with Gasteiger partial charge in [-0.1, -0.05) is 81.4 Å². The molecule has 2 amide bonds. The van der Waals surface area contributed by atoms with Crippen molar-refractivity contribution in [1.82, 2.24) is 9.80 Å². The molecule has 0 aromatic heterocycles. The maximum Gasteiger partial charge on any atom is 0.410 e. The zero-order chi connectivity index (χ0) is 34.4. The summed E-state index contributed by atoms with van der Waals surface area (Å²) in [6.07, 6.45) is 3.64. The van der Waals surface area contributed by atoms with Crippen molar-refractivity contribution in [3.8, 4) is 0 Å². The van der Waals surface area contributed by atoms with Crippen molar-refractivity contribution in [2.75, 3.05) is 13.2 Å². The van der Waals surface area contributed by atoms with E-state index in [0.717, 1.165) is 25.7 Å². The number of nitrogens with zero attached hydrogens (tertiary/aromatic N) is 2. The molecular formula is C38H56N2O6Si. The van der Waals surface area contributed by atoms with E-state index in [2.05, 4.69) is 81.4 Å². The number of hydrogen-bond donors (Lipinski definition) is 1. The second kappa shape index (κ2) is 13.2. The molecule has 2 aromatic rings. The molecule has 8 nitrogen and oxygen atoms in total. The van der Waals surface area contributed by atoms with Crippen molar-refractivity contribution in [1.29, 1.82) is 0 Å². The molecule has 2 aliphatic heterocycles. The summed E-state index contributed by atoms with van der Waals surface area (Å²) in [6, 6.07) is 22.1. The van der Waals surface area contributed by atoms with Gasteiger partial charge in [0.15, 0.2) is 0 Å². The van der Waals surface area contributed by atoms with Crippen LogP contribution in [-0.2, 0) is 13.9 Å². The predicted octanol–water partition coefficient (Wildman–Crippen LogP) is 6.34.